The molecule has 1 N–H and O–H groups in total. The van der Waals surface area contributed by atoms with E-state index in [1.54, 1.807) is 0 Å². The predicted octanol–water partition coefficient (Wildman–Crippen LogP) is 5.24. The van der Waals surface area contributed by atoms with Gasteiger partial charge in [-0.15, -0.1) is 11.3 Å². The summed E-state index contributed by atoms with van der Waals surface area (Å²) in [5, 5.41) is 4.82. The third-order valence-corrected chi connectivity index (χ3v) is 5.22. The van der Waals surface area contributed by atoms with Crippen molar-refractivity contribution in [1.82, 2.24) is 10.3 Å². The van der Waals surface area contributed by atoms with Crippen LogP contribution >= 0.6 is 11.3 Å². The van der Waals surface area contributed by atoms with Crippen molar-refractivity contribution in [2.24, 2.45) is 0 Å². The molecule has 0 spiro atoms. The first kappa shape index (κ1) is 16.2. The highest BCUT2D eigenvalue weighted by atomic mass is 32.1. The van der Waals surface area contributed by atoms with Crippen LogP contribution in [0.15, 0.2) is 30.5 Å². The van der Waals surface area contributed by atoms with Crippen LogP contribution in [0.25, 0.3) is 0 Å². The Kier molecular flexibility index (Phi) is 5.54. The molecule has 2 atom stereocenters. The molecule has 0 amide bonds. The average Bonchev–Trinajstić information content (AvgIpc) is 2.96. The first-order chi connectivity index (χ1) is 10.0. The minimum absolute atomic E-state index is 0.287. The van der Waals surface area contributed by atoms with E-state index in [4.69, 9.17) is 0 Å². The molecular formula is C18H26N2S. The molecule has 2 rings (SSSR count). The second kappa shape index (κ2) is 7.19. The lowest BCUT2D eigenvalue weighted by Gasteiger charge is -2.19. The van der Waals surface area contributed by atoms with Crippen LogP contribution < -0.4 is 5.32 Å². The third kappa shape index (κ3) is 4.14. The van der Waals surface area contributed by atoms with Gasteiger partial charge in [0.15, 0.2) is 0 Å². The number of aromatic nitrogens is 1. The molecule has 2 aromatic rings. The van der Waals surface area contributed by atoms with E-state index in [1.807, 2.05) is 17.5 Å². The molecule has 1 heterocycles. The van der Waals surface area contributed by atoms with Gasteiger partial charge < -0.3 is 5.32 Å². The van der Waals surface area contributed by atoms with E-state index < -0.39 is 0 Å². The molecule has 0 radical (unpaired) electrons. The van der Waals surface area contributed by atoms with Gasteiger partial charge in [-0.25, -0.2) is 4.98 Å². The number of nitrogens with zero attached hydrogens (tertiary/aromatic N) is 1. The predicted molar refractivity (Wildman–Crippen MR) is 92.0 cm³/mol. The number of thiazole rings is 1. The molecule has 0 aliphatic carbocycles. The Hall–Kier alpha value is -1.19. The van der Waals surface area contributed by atoms with Gasteiger partial charge in [-0.1, -0.05) is 45.0 Å². The summed E-state index contributed by atoms with van der Waals surface area (Å²) in [6, 6.07) is 9.56. The van der Waals surface area contributed by atoms with Crippen LogP contribution in [0, 0.1) is 0 Å². The molecular weight excluding hydrogens is 276 g/mol. The van der Waals surface area contributed by atoms with Crippen molar-refractivity contribution in [2.45, 2.75) is 59.0 Å². The van der Waals surface area contributed by atoms with E-state index >= 15 is 0 Å². The molecule has 3 heteroatoms. The molecule has 1 aromatic carbocycles. The maximum atomic E-state index is 4.53. The Balaban J connectivity index is 2.01. The van der Waals surface area contributed by atoms with E-state index in [0.29, 0.717) is 12.0 Å². The van der Waals surface area contributed by atoms with Crippen LogP contribution in [-0.4, -0.2) is 4.98 Å². The standard InChI is InChI=1S/C18H26N2S/c1-6-17-11-19-18(21-17)14(5)20-13(4)16-9-7-15(8-10-16)12(2)3/h7-14,20H,6H2,1-5H3. The van der Waals surface area contributed by atoms with Crippen molar-refractivity contribution in [3.8, 4) is 0 Å². The van der Waals surface area contributed by atoms with Crippen LogP contribution in [0.2, 0.25) is 0 Å². The fourth-order valence-electron chi connectivity index (χ4n) is 2.40. The van der Waals surface area contributed by atoms with Gasteiger partial charge in [-0.2, -0.15) is 0 Å². The lowest BCUT2D eigenvalue weighted by atomic mass is 9.99. The van der Waals surface area contributed by atoms with Crippen LogP contribution in [0.5, 0.6) is 0 Å². The minimum Gasteiger partial charge on any atom is -0.302 e. The van der Waals surface area contributed by atoms with Crippen molar-refractivity contribution in [3.63, 3.8) is 0 Å². The van der Waals surface area contributed by atoms with Gasteiger partial charge in [-0.3, -0.25) is 0 Å². The van der Waals surface area contributed by atoms with Gasteiger partial charge in [0.1, 0.15) is 5.01 Å². The Bertz CT molecular complexity index is 557. The monoisotopic (exact) mass is 302 g/mol. The Morgan fingerprint density at radius 3 is 2.14 bits per heavy atom. The van der Waals surface area contributed by atoms with E-state index in [9.17, 15) is 0 Å². The Morgan fingerprint density at radius 2 is 1.62 bits per heavy atom. The van der Waals surface area contributed by atoms with E-state index in [2.05, 4.69) is 69.2 Å². The summed E-state index contributed by atoms with van der Waals surface area (Å²) in [5.41, 5.74) is 2.73. The molecule has 0 saturated heterocycles. The Morgan fingerprint density at radius 1 is 1.00 bits per heavy atom. The lowest BCUT2D eigenvalue weighted by Crippen LogP contribution is -2.22. The van der Waals surface area contributed by atoms with Gasteiger partial charge in [0, 0.05) is 17.1 Å². The summed E-state index contributed by atoms with van der Waals surface area (Å²) < 4.78 is 0. The first-order valence-electron chi connectivity index (χ1n) is 7.81. The van der Waals surface area contributed by atoms with Crippen molar-refractivity contribution >= 4 is 11.3 Å². The summed E-state index contributed by atoms with van der Waals surface area (Å²) in [6.45, 7) is 11.0. The molecule has 0 aliphatic heterocycles. The fourth-order valence-corrected chi connectivity index (χ4v) is 3.27. The smallest absolute Gasteiger partial charge is 0.109 e. The van der Waals surface area contributed by atoms with Crippen LogP contribution in [0.3, 0.4) is 0 Å². The SMILES string of the molecule is CCc1cnc(C(C)NC(C)c2ccc(C(C)C)cc2)s1. The quantitative estimate of drug-likeness (QED) is 0.789. The maximum Gasteiger partial charge on any atom is 0.109 e. The number of hydrogen-bond acceptors (Lipinski definition) is 3. The zero-order valence-corrected chi connectivity index (χ0v) is 14.5. The molecule has 21 heavy (non-hydrogen) atoms. The van der Waals surface area contributed by atoms with Crippen molar-refractivity contribution in [2.75, 3.05) is 0 Å². The summed E-state index contributed by atoms with van der Waals surface area (Å²) in [5.74, 6) is 0.587. The number of nitrogens with one attached hydrogen (secondary N) is 1. The second-order valence-corrected chi connectivity index (χ2v) is 7.10. The highest BCUT2D eigenvalue weighted by Gasteiger charge is 2.14. The van der Waals surface area contributed by atoms with Crippen LogP contribution in [0.4, 0.5) is 0 Å². The highest BCUT2D eigenvalue weighted by Crippen LogP contribution is 2.24. The van der Waals surface area contributed by atoms with Gasteiger partial charge >= 0.3 is 0 Å². The maximum absolute atomic E-state index is 4.53. The van der Waals surface area contributed by atoms with Crippen LogP contribution in [-0.2, 0) is 6.42 Å². The number of rotatable bonds is 6. The fraction of sp³-hybridized carbons (Fsp3) is 0.500. The van der Waals surface area contributed by atoms with Crippen molar-refractivity contribution < 1.29 is 0 Å². The zero-order valence-electron chi connectivity index (χ0n) is 13.7. The summed E-state index contributed by atoms with van der Waals surface area (Å²) in [7, 11) is 0. The molecule has 0 aliphatic rings. The normalized spacial score (nSPS) is 14.4. The topological polar surface area (TPSA) is 24.9 Å². The summed E-state index contributed by atoms with van der Waals surface area (Å²) >= 11 is 1.81. The van der Waals surface area contributed by atoms with E-state index in [0.717, 1.165) is 6.42 Å². The molecule has 0 saturated carbocycles. The first-order valence-corrected chi connectivity index (χ1v) is 8.63. The number of aryl methyl sites for hydroxylation is 1. The highest BCUT2D eigenvalue weighted by molar-refractivity contribution is 7.11. The molecule has 0 bridgehead atoms. The van der Waals surface area contributed by atoms with Crippen molar-refractivity contribution in [3.05, 3.63) is 51.5 Å². The van der Waals surface area contributed by atoms with Crippen molar-refractivity contribution in [1.29, 1.82) is 0 Å². The summed E-state index contributed by atoms with van der Waals surface area (Å²) in [4.78, 5) is 5.88. The largest absolute Gasteiger partial charge is 0.302 e. The van der Waals surface area contributed by atoms with Gasteiger partial charge in [-0.05, 0) is 37.3 Å². The number of hydrogen-bond donors (Lipinski definition) is 1. The van der Waals surface area contributed by atoms with Gasteiger partial charge in [0.2, 0.25) is 0 Å². The summed E-state index contributed by atoms with van der Waals surface area (Å²) in [6.07, 6.45) is 3.07. The zero-order chi connectivity index (χ0) is 15.4. The molecule has 1 aromatic heterocycles. The second-order valence-electron chi connectivity index (χ2n) is 5.95. The lowest BCUT2D eigenvalue weighted by molar-refractivity contribution is 0.493. The van der Waals surface area contributed by atoms with Gasteiger partial charge in [0.05, 0.1) is 6.04 Å². The molecule has 0 fully saturated rings. The Labute approximate surface area is 132 Å². The van der Waals surface area contributed by atoms with Gasteiger partial charge in [0.25, 0.3) is 0 Å². The molecule has 114 valence electrons. The third-order valence-electron chi connectivity index (χ3n) is 3.89. The van der Waals surface area contributed by atoms with Crippen LogP contribution in [0.1, 0.15) is 73.6 Å². The van der Waals surface area contributed by atoms with E-state index in [1.165, 1.54) is 21.0 Å². The van der Waals surface area contributed by atoms with E-state index in [-0.39, 0.29) is 6.04 Å². The minimum atomic E-state index is 0.287. The molecule has 2 unspecified atom stereocenters. The molecule has 2 nitrogen and oxygen atoms in total. The average molecular weight is 302 g/mol. The number of benzene rings is 1.